The van der Waals surface area contributed by atoms with Gasteiger partial charge in [-0.05, 0) is 31.0 Å². The molecule has 6 rings (SSSR count). The minimum Gasteiger partial charge on any atom is -0.481 e. The Hall–Kier alpha value is -3.92. The van der Waals surface area contributed by atoms with Crippen LogP contribution in [0.3, 0.4) is 0 Å². The van der Waals surface area contributed by atoms with Gasteiger partial charge in [-0.2, -0.15) is 0 Å². The lowest BCUT2D eigenvalue weighted by atomic mass is 10.1. The van der Waals surface area contributed by atoms with E-state index >= 15 is 4.39 Å². The molecular weight excluding hydrogens is 443 g/mol. The maximum absolute atomic E-state index is 15.3. The van der Waals surface area contributed by atoms with Crippen LogP contribution >= 0.6 is 0 Å². The number of halogens is 1. The van der Waals surface area contributed by atoms with Gasteiger partial charge in [-0.15, -0.1) is 0 Å². The lowest BCUT2D eigenvalue weighted by Gasteiger charge is -2.21. The molecule has 0 bridgehead atoms. The number of benzene rings is 1. The molecule has 0 spiro atoms. The average Bonchev–Trinajstić information content (AvgIpc) is 3.47. The molecule has 34 heavy (non-hydrogen) atoms. The molecular formula is C24H21FN4O5. The molecule has 4 heterocycles. The monoisotopic (exact) mass is 464 g/mol. The van der Waals surface area contributed by atoms with Gasteiger partial charge in [-0.3, -0.25) is 15.1 Å². The number of hydrogen-bond donors (Lipinski definition) is 2. The molecule has 2 fully saturated rings. The first-order valence-electron chi connectivity index (χ1n) is 11.0. The number of carboxylic acid groups (broad SMARTS) is 1. The van der Waals surface area contributed by atoms with Crippen molar-refractivity contribution < 1.29 is 23.9 Å². The third kappa shape index (κ3) is 3.21. The second-order valence-corrected chi connectivity index (χ2v) is 8.71. The minimum atomic E-state index is -1.31. The fourth-order valence-electron chi connectivity index (χ4n) is 4.71. The van der Waals surface area contributed by atoms with Crippen LogP contribution in [0, 0.1) is 5.82 Å². The zero-order valence-corrected chi connectivity index (χ0v) is 18.2. The zero-order chi connectivity index (χ0) is 23.6. The lowest BCUT2D eigenvalue weighted by Crippen LogP contribution is -2.26. The number of aromatic nitrogens is 2. The Kier molecular flexibility index (Phi) is 4.59. The van der Waals surface area contributed by atoms with Crippen molar-refractivity contribution in [3.63, 3.8) is 0 Å². The van der Waals surface area contributed by atoms with Gasteiger partial charge in [0, 0.05) is 47.6 Å². The fourth-order valence-corrected chi connectivity index (χ4v) is 4.71. The van der Waals surface area contributed by atoms with Gasteiger partial charge in [0.15, 0.2) is 0 Å². The van der Waals surface area contributed by atoms with E-state index in [0.717, 1.165) is 35.7 Å². The van der Waals surface area contributed by atoms with Crippen LogP contribution in [0.1, 0.15) is 34.8 Å². The molecule has 3 aromatic rings. The maximum Gasteiger partial charge on any atom is 0.341 e. The van der Waals surface area contributed by atoms with E-state index in [2.05, 4.69) is 10.5 Å². The second kappa shape index (κ2) is 7.56. The first-order chi connectivity index (χ1) is 16.4. The average molecular weight is 464 g/mol. The highest BCUT2D eigenvalue weighted by atomic mass is 19.1. The van der Waals surface area contributed by atoms with Crippen LogP contribution in [0.25, 0.3) is 16.6 Å². The van der Waals surface area contributed by atoms with Crippen molar-refractivity contribution in [2.24, 2.45) is 0 Å². The number of aromatic carboxylic acids is 1. The third-order valence-corrected chi connectivity index (χ3v) is 6.61. The number of carbonyl (C=O) groups is 1. The molecule has 2 aromatic heterocycles. The van der Waals surface area contributed by atoms with Crippen molar-refractivity contribution in [3.05, 3.63) is 69.4 Å². The summed E-state index contributed by atoms with van der Waals surface area (Å²) in [7, 11) is 1.55. The minimum absolute atomic E-state index is 0.0783. The van der Waals surface area contributed by atoms with E-state index in [4.69, 9.17) is 9.57 Å². The van der Waals surface area contributed by atoms with Gasteiger partial charge in [0.05, 0.1) is 30.6 Å². The van der Waals surface area contributed by atoms with Crippen LogP contribution in [0.5, 0.6) is 5.88 Å². The maximum atomic E-state index is 15.3. The van der Waals surface area contributed by atoms with E-state index in [-0.39, 0.29) is 23.1 Å². The summed E-state index contributed by atoms with van der Waals surface area (Å²) in [5.74, 6) is -1.38. The van der Waals surface area contributed by atoms with Gasteiger partial charge in [0.25, 0.3) is 0 Å². The summed E-state index contributed by atoms with van der Waals surface area (Å²) in [4.78, 5) is 36.2. The first-order valence-corrected chi connectivity index (χ1v) is 11.0. The van der Waals surface area contributed by atoms with Crippen molar-refractivity contribution in [3.8, 4) is 5.88 Å². The Morgan fingerprint density at radius 1 is 1.32 bits per heavy atom. The molecule has 0 amide bonds. The van der Waals surface area contributed by atoms with E-state index < -0.39 is 17.2 Å². The molecule has 1 aliphatic carbocycles. The quantitative estimate of drug-likeness (QED) is 0.594. The summed E-state index contributed by atoms with van der Waals surface area (Å²) in [5, 5.41) is 9.51. The Balaban J connectivity index is 1.41. The van der Waals surface area contributed by atoms with Crippen LogP contribution in [0.2, 0.25) is 0 Å². The van der Waals surface area contributed by atoms with Gasteiger partial charge in [0.1, 0.15) is 17.5 Å². The van der Waals surface area contributed by atoms with Crippen LogP contribution in [0.4, 0.5) is 10.1 Å². The lowest BCUT2D eigenvalue weighted by molar-refractivity contribution is 0.0578. The standard InChI is InChI=1S/C24H21FN4O5/c1-33-21-5-2-12(8-26-21)22-15-9-28(11-20(15)34-27-22)19-7-18-14(6-17(19)25)23(30)16(24(31)32)10-29(18)13-3-4-13/h2,5-8,10,13,20,27H,3-4,9,11H2,1H3,(H,31,32). The molecule has 3 aliphatic rings. The molecule has 1 atom stereocenters. The SMILES string of the molecule is COc1ccc(C2=C3CN(c4cc5c(cc4F)c(=O)c(C(=O)O)cn5C4CC4)CC3ON2)cn1. The van der Waals surface area contributed by atoms with E-state index in [1.54, 1.807) is 30.0 Å². The molecule has 2 aliphatic heterocycles. The number of pyridine rings is 2. The molecule has 1 saturated carbocycles. The first kappa shape index (κ1) is 20.7. The van der Waals surface area contributed by atoms with E-state index in [1.807, 2.05) is 11.0 Å². The van der Waals surface area contributed by atoms with Crippen molar-refractivity contribution in [2.45, 2.75) is 25.0 Å². The zero-order valence-electron chi connectivity index (χ0n) is 18.2. The molecule has 174 valence electrons. The molecule has 0 radical (unpaired) electrons. The summed E-state index contributed by atoms with van der Waals surface area (Å²) < 4.78 is 22.2. The number of ether oxygens (including phenoxy) is 1. The van der Waals surface area contributed by atoms with Gasteiger partial charge in [-0.1, -0.05) is 0 Å². The number of carboxylic acids is 1. The van der Waals surface area contributed by atoms with Crippen LogP contribution < -0.4 is 20.5 Å². The number of methoxy groups -OCH3 is 1. The summed E-state index contributed by atoms with van der Waals surface area (Å²) in [5.41, 5.74) is 5.45. The van der Waals surface area contributed by atoms with Crippen molar-refractivity contribution in [1.82, 2.24) is 15.0 Å². The van der Waals surface area contributed by atoms with Crippen LogP contribution in [0.15, 0.2) is 47.0 Å². The number of nitrogens with one attached hydrogen (secondary N) is 1. The second-order valence-electron chi connectivity index (χ2n) is 8.71. The molecule has 10 heteroatoms. The number of hydroxylamine groups is 1. The van der Waals surface area contributed by atoms with Crippen molar-refractivity contribution in [2.75, 3.05) is 25.1 Å². The number of fused-ring (bicyclic) bond motifs is 2. The highest BCUT2D eigenvalue weighted by Gasteiger charge is 2.38. The normalized spacial score (nSPS) is 19.5. The molecule has 1 unspecified atom stereocenters. The highest BCUT2D eigenvalue weighted by molar-refractivity contribution is 5.93. The predicted molar refractivity (Wildman–Crippen MR) is 121 cm³/mol. The molecule has 2 N–H and O–H groups in total. The molecule has 1 aromatic carbocycles. The number of nitrogens with zero attached hydrogens (tertiary/aromatic N) is 3. The smallest absolute Gasteiger partial charge is 0.341 e. The van der Waals surface area contributed by atoms with Crippen LogP contribution in [-0.4, -0.2) is 46.9 Å². The van der Waals surface area contributed by atoms with Gasteiger partial charge in [0.2, 0.25) is 11.3 Å². The summed E-state index contributed by atoms with van der Waals surface area (Å²) in [6.07, 6.45) is 4.60. The number of hydrogen-bond acceptors (Lipinski definition) is 7. The highest BCUT2D eigenvalue weighted by Crippen LogP contribution is 2.39. The van der Waals surface area contributed by atoms with E-state index in [9.17, 15) is 14.7 Å². The van der Waals surface area contributed by atoms with Crippen LogP contribution in [-0.2, 0) is 4.84 Å². The van der Waals surface area contributed by atoms with Gasteiger partial charge >= 0.3 is 5.97 Å². The molecule has 1 saturated heterocycles. The van der Waals surface area contributed by atoms with Gasteiger partial charge in [-0.25, -0.2) is 14.2 Å². The van der Waals surface area contributed by atoms with Gasteiger partial charge < -0.3 is 19.3 Å². The summed E-state index contributed by atoms with van der Waals surface area (Å²) >= 11 is 0. The van der Waals surface area contributed by atoms with Crippen molar-refractivity contribution in [1.29, 1.82) is 0 Å². The number of rotatable bonds is 5. The summed E-state index contributed by atoms with van der Waals surface area (Å²) in [6, 6.07) is 6.56. The number of anilines is 1. The topological polar surface area (TPSA) is 106 Å². The molecule has 9 nitrogen and oxygen atoms in total. The van der Waals surface area contributed by atoms with E-state index in [0.29, 0.717) is 30.2 Å². The Bertz CT molecular complexity index is 1430. The van der Waals surface area contributed by atoms with Crippen molar-refractivity contribution >= 4 is 28.3 Å². The Labute approximate surface area is 193 Å². The summed E-state index contributed by atoms with van der Waals surface area (Å²) in [6.45, 7) is 0.862. The Morgan fingerprint density at radius 2 is 2.15 bits per heavy atom. The predicted octanol–water partition coefficient (Wildman–Crippen LogP) is 2.71. The van der Waals surface area contributed by atoms with E-state index in [1.165, 1.54) is 6.20 Å². The largest absolute Gasteiger partial charge is 0.481 e. The Morgan fingerprint density at radius 3 is 2.82 bits per heavy atom. The fraction of sp³-hybridized carbons (Fsp3) is 0.292. The third-order valence-electron chi connectivity index (χ3n) is 6.61.